The quantitative estimate of drug-likeness (QED) is 0.774. The number of para-hydroxylation sites is 1. The Kier molecular flexibility index (Phi) is 3.92. The Morgan fingerprint density at radius 2 is 1.80 bits per heavy atom. The highest BCUT2D eigenvalue weighted by atomic mass is 35.5. The van der Waals surface area contributed by atoms with E-state index in [1.807, 2.05) is 42.5 Å². The van der Waals surface area contributed by atoms with Crippen molar-refractivity contribution >= 4 is 34.3 Å². The summed E-state index contributed by atoms with van der Waals surface area (Å²) in [4.78, 5) is 5.82. The highest BCUT2D eigenvalue weighted by Gasteiger charge is 2.07. The monoisotopic (exact) mass is 300 g/mol. The van der Waals surface area contributed by atoms with Gasteiger partial charge in [0.2, 0.25) is 0 Å². The molecule has 0 saturated carbocycles. The molecule has 2 nitrogen and oxygen atoms in total. The zero-order valence-corrected chi connectivity index (χ0v) is 12.3. The van der Waals surface area contributed by atoms with E-state index in [4.69, 9.17) is 22.3 Å². The second-order valence-corrected chi connectivity index (χ2v) is 5.90. The van der Waals surface area contributed by atoms with E-state index in [-0.39, 0.29) is 0 Å². The predicted octanol–water partition coefficient (Wildman–Crippen LogP) is 4.50. The van der Waals surface area contributed by atoms with Crippen LogP contribution >= 0.6 is 23.4 Å². The molecule has 0 amide bonds. The van der Waals surface area contributed by atoms with Crippen LogP contribution in [0.5, 0.6) is 0 Å². The molecule has 1 heterocycles. The minimum atomic E-state index is 0.480. The van der Waals surface area contributed by atoms with E-state index in [0.29, 0.717) is 6.54 Å². The number of hydrogen-bond donors (Lipinski definition) is 1. The van der Waals surface area contributed by atoms with Gasteiger partial charge in [-0.25, -0.2) is 4.98 Å². The maximum atomic E-state index is 5.91. The van der Waals surface area contributed by atoms with Gasteiger partial charge in [-0.15, -0.1) is 0 Å². The zero-order chi connectivity index (χ0) is 13.9. The highest BCUT2D eigenvalue weighted by Crippen LogP contribution is 2.31. The van der Waals surface area contributed by atoms with Gasteiger partial charge >= 0.3 is 0 Å². The molecule has 0 aliphatic carbocycles. The van der Waals surface area contributed by atoms with Gasteiger partial charge in [-0.1, -0.05) is 41.6 Å². The van der Waals surface area contributed by atoms with Crippen LogP contribution in [0.4, 0.5) is 0 Å². The van der Waals surface area contributed by atoms with E-state index < -0.39 is 0 Å². The molecule has 0 atom stereocenters. The molecular formula is C16H13ClN2S. The molecular weight excluding hydrogens is 288 g/mol. The Hall–Kier alpha value is -1.55. The summed E-state index contributed by atoms with van der Waals surface area (Å²) in [5.41, 5.74) is 7.89. The van der Waals surface area contributed by atoms with E-state index in [2.05, 4.69) is 12.1 Å². The fraction of sp³-hybridized carbons (Fsp3) is 0.0625. The van der Waals surface area contributed by atoms with Gasteiger partial charge in [0.1, 0.15) is 5.03 Å². The van der Waals surface area contributed by atoms with Crippen molar-refractivity contribution in [3.05, 3.63) is 65.2 Å². The predicted molar refractivity (Wildman–Crippen MR) is 85.2 cm³/mol. The number of nitrogens with two attached hydrogens (primary N) is 1. The summed E-state index contributed by atoms with van der Waals surface area (Å²) in [5.74, 6) is 0. The Labute approximate surface area is 127 Å². The molecule has 0 unspecified atom stereocenters. The fourth-order valence-corrected chi connectivity index (χ4v) is 3.03. The Bertz CT molecular complexity index is 741. The van der Waals surface area contributed by atoms with Crippen LogP contribution in [0.2, 0.25) is 5.02 Å². The van der Waals surface area contributed by atoms with Crippen molar-refractivity contribution in [2.24, 2.45) is 5.73 Å². The van der Waals surface area contributed by atoms with Gasteiger partial charge in [-0.2, -0.15) is 0 Å². The van der Waals surface area contributed by atoms with Crippen LogP contribution in [-0.2, 0) is 6.54 Å². The van der Waals surface area contributed by atoms with E-state index in [1.54, 1.807) is 11.8 Å². The van der Waals surface area contributed by atoms with E-state index in [0.717, 1.165) is 31.4 Å². The lowest BCUT2D eigenvalue weighted by atomic mass is 10.1. The van der Waals surface area contributed by atoms with Gasteiger partial charge in [0, 0.05) is 21.8 Å². The Balaban J connectivity index is 2.03. The van der Waals surface area contributed by atoms with Gasteiger partial charge < -0.3 is 5.73 Å². The normalized spacial score (nSPS) is 10.9. The van der Waals surface area contributed by atoms with Crippen molar-refractivity contribution in [3.8, 4) is 0 Å². The standard InChI is InChI=1S/C16H13ClN2S/c17-13-5-7-14(8-6-13)20-16-12(10-18)9-11-3-1-2-4-15(11)19-16/h1-9H,10,18H2. The number of fused-ring (bicyclic) bond motifs is 1. The van der Waals surface area contributed by atoms with Crippen molar-refractivity contribution in [1.29, 1.82) is 0 Å². The topological polar surface area (TPSA) is 38.9 Å². The molecule has 0 radical (unpaired) electrons. The molecule has 4 heteroatoms. The summed E-state index contributed by atoms with van der Waals surface area (Å²) < 4.78 is 0. The van der Waals surface area contributed by atoms with E-state index >= 15 is 0 Å². The first-order chi connectivity index (χ1) is 9.76. The summed E-state index contributed by atoms with van der Waals surface area (Å²) in [5, 5.41) is 2.81. The average molecular weight is 301 g/mol. The summed E-state index contributed by atoms with van der Waals surface area (Å²) in [6.45, 7) is 0.480. The number of aromatic nitrogens is 1. The van der Waals surface area contributed by atoms with Crippen molar-refractivity contribution in [2.45, 2.75) is 16.5 Å². The average Bonchev–Trinajstić information content (AvgIpc) is 2.49. The van der Waals surface area contributed by atoms with Gasteiger partial charge in [-0.3, -0.25) is 0 Å². The summed E-state index contributed by atoms with van der Waals surface area (Å²) in [6, 6.07) is 17.9. The molecule has 0 saturated heterocycles. The van der Waals surface area contributed by atoms with Gasteiger partial charge in [0.25, 0.3) is 0 Å². The number of hydrogen-bond acceptors (Lipinski definition) is 3. The van der Waals surface area contributed by atoms with Crippen molar-refractivity contribution in [3.63, 3.8) is 0 Å². The van der Waals surface area contributed by atoms with Gasteiger partial charge in [-0.05, 0) is 42.0 Å². The lowest BCUT2D eigenvalue weighted by Gasteiger charge is -2.08. The maximum Gasteiger partial charge on any atom is 0.106 e. The SMILES string of the molecule is NCc1cc2ccccc2nc1Sc1ccc(Cl)cc1. The first-order valence-corrected chi connectivity index (χ1v) is 7.48. The van der Waals surface area contributed by atoms with Crippen LogP contribution in [0.1, 0.15) is 5.56 Å². The maximum absolute atomic E-state index is 5.91. The number of nitrogens with zero attached hydrogens (tertiary/aromatic N) is 1. The number of halogens is 1. The molecule has 20 heavy (non-hydrogen) atoms. The van der Waals surface area contributed by atoms with Crippen LogP contribution in [0.3, 0.4) is 0 Å². The number of rotatable bonds is 3. The van der Waals surface area contributed by atoms with Crippen molar-refractivity contribution in [2.75, 3.05) is 0 Å². The highest BCUT2D eigenvalue weighted by molar-refractivity contribution is 7.99. The third-order valence-electron chi connectivity index (χ3n) is 3.01. The minimum absolute atomic E-state index is 0.480. The van der Waals surface area contributed by atoms with E-state index in [9.17, 15) is 0 Å². The third kappa shape index (κ3) is 2.80. The number of pyridine rings is 1. The lowest BCUT2D eigenvalue weighted by molar-refractivity contribution is 0.982. The zero-order valence-electron chi connectivity index (χ0n) is 10.7. The Morgan fingerprint density at radius 3 is 2.55 bits per heavy atom. The van der Waals surface area contributed by atoms with Gasteiger partial charge in [0.05, 0.1) is 5.52 Å². The van der Waals surface area contributed by atoms with Crippen LogP contribution in [0, 0.1) is 0 Å². The van der Waals surface area contributed by atoms with Gasteiger partial charge in [0.15, 0.2) is 0 Å². The molecule has 3 aromatic rings. The van der Waals surface area contributed by atoms with Crippen molar-refractivity contribution < 1.29 is 0 Å². The van der Waals surface area contributed by atoms with Crippen LogP contribution in [0.25, 0.3) is 10.9 Å². The van der Waals surface area contributed by atoms with Crippen LogP contribution in [-0.4, -0.2) is 4.98 Å². The summed E-state index contributed by atoms with van der Waals surface area (Å²) in [6.07, 6.45) is 0. The van der Waals surface area contributed by atoms with Crippen LogP contribution < -0.4 is 5.73 Å². The molecule has 100 valence electrons. The molecule has 0 aliphatic heterocycles. The molecule has 0 fully saturated rings. The number of benzene rings is 2. The third-order valence-corrected chi connectivity index (χ3v) is 4.32. The fourth-order valence-electron chi connectivity index (χ4n) is 1.99. The molecule has 2 N–H and O–H groups in total. The molecule has 3 rings (SSSR count). The molecule has 0 spiro atoms. The van der Waals surface area contributed by atoms with Crippen LogP contribution in [0.15, 0.2) is 64.5 Å². The Morgan fingerprint density at radius 1 is 1.05 bits per heavy atom. The first-order valence-electron chi connectivity index (χ1n) is 6.28. The summed E-state index contributed by atoms with van der Waals surface area (Å²) >= 11 is 7.52. The minimum Gasteiger partial charge on any atom is -0.326 e. The molecule has 2 aromatic carbocycles. The molecule has 0 bridgehead atoms. The first kappa shape index (κ1) is 13.4. The second-order valence-electron chi connectivity index (χ2n) is 4.41. The summed E-state index contributed by atoms with van der Waals surface area (Å²) in [7, 11) is 0. The second kappa shape index (κ2) is 5.83. The molecule has 1 aromatic heterocycles. The largest absolute Gasteiger partial charge is 0.326 e. The van der Waals surface area contributed by atoms with E-state index in [1.165, 1.54) is 0 Å². The smallest absolute Gasteiger partial charge is 0.106 e. The van der Waals surface area contributed by atoms with Crippen molar-refractivity contribution in [1.82, 2.24) is 4.98 Å². The lowest BCUT2D eigenvalue weighted by Crippen LogP contribution is -2.00. The molecule has 0 aliphatic rings.